The van der Waals surface area contributed by atoms with E-state index in [0.717, 1.165) is 0 Å². The van der Waals surface area contributed by atoms with Crippen LogP contribution in [0.1, 0.15) is 0 Å². The van der Waals surface area contributed by atoms with Gasteiger partial charge in [-0.25, -0.2) is 0 Å². The molecular weight excluding hydrogens is 400 g/mol. The zero-order chi connectivity index (χ0) is 21.2. The second kappa shape index (κ2) is 6.86. The van der Waals surface area contributed by atoms with E-state index in [1.807, 2.05) is 6.07 Å². The molecule has 0 aromatic heterocycles. The van der Waals surface area contributed by atoms with Gasteiger partial charge in [0, 0.05) is 10.9 Å². The number of rotatable bonds is 1. The lowest BCUT2D eigenvalue weighted by molar-refractivity contribution is 0.404. The van der Waals surface area contributed by atoms with E-state index < -0.39 is 0 Å². The fraction of sp³-hybridized carbons (Fsp3) is 0. The first-order valence-electron chi connectivity index (χ1n) is 9.14. The van der Waals surface area contributed by atoms with Crippen molar-refractivity contribution in [1.29, 1.82) is 0 Å². The van der Waals surface area contributed by atoms with Crippen molar-refractivity contribution < 1.29 is 36.1 Å². The van der Waals surface area contributed by atoms with E-state index >= 15 is 0 Å². The molecule has 5 rings (SSSR count). The van der Waals surface area contributed by atoms with E-state index in [-0.39, 0.29) is 40.0 Å². The molecule has 0 bridgehead atoms. The van der Waals surface area contributed by atoms with Gasteiger partial charge in [-0.05, 0) is 62.8 Å². The van der Waals surface area contributed by atoms with Gasteiger partial charge < -0.3 is 36.1 Å². The molecule has 7 nitrogen and oxygen atoms in total. The molecule has 0 aliphatic heterocycles. The van der Waals surface area contributed by atoms with Gasteiger partial charge in [0.2, 0.25) is 0 Å². The Kier molecular flexibility index (Phi) is 4.41. The Morgan fingerprint density at radius 1 is 0.452 bits per heavy atom. The fourth-order valence-electron chi connectivity index (χ4n) is 4.07. The highest BCUT2D eigenvalue weighted by Gasteiger charge is 2.21. The van der Waals surface area contributed by atoms with Crippen molar-refractivity contribution in [3.63, 3.8) is 0 Å². The monoisotopic (exact) mass is 418 g/mol. The largest absolute Gasteiger partial charge is 0.504 e. The summed E-state index contributed by atoms with van der Waals surface area (Å²) in [5.41, 5.74) is 0.974. The summed E-state index contributed by atoms with van der Waals surface area (Å²) in [6.07, 6.45) is 0. The summed E-state index contributed by atoms with van der Waals surface area (Å²) in [5.74, 6) is -2.07. The molecule has 8 N–H and O–H groups in total. The summed E-state index contributed by atoms with van der Waals surface area (Å²) in [5, 5.41) is 64.6. The van der Waals surface area contributed by atoms with Crippen molar-refractivity contribution in [2.24, 2.45) is 0 Å². The van der Waals surface area contributed by atoms with Crippen LogP contribution in [-0.4, -0.2) is 36.1 Å². The van der Waals surface area contributed by atoms with Crippen LogP contribution in [-0.2, 0) is 0 Å². The smallest absolute Gasteiger partial charge is 0.166 e. The SMILES string of the molecule is O.Oc1cc2c3cc(O)c(O)cc3c3c(-c4ccccc4)c(O)c(O)cc3c2cc1O. The summed E-state index contributed by atoms with van der Waals surface area (Å²) >= 11 is 0. The lowest BCUT2D eigenvalue weighted by Crippen LogP contribution is -1.89. The molecule has 0 spiro atoms. The second-order valence-electron chi connectivity index (χ2n) is 7.18. The quantitative estimate of drug-likeness (QED) is 0.177. The Labute approximate surface area is 175 Å². The molecule has 7 heteroatoms. The topological polar surface area (TPSA) is 153 Å². The lowest BCUT2D eigenvalue weighted by Gasteiger charge is -2.17. The fourth-order valence-corrected chi connectivity index (χ4v) is 4.07. The summed E-state index contributed by atoms with van der Waals surface area (Å²) in [6.45, 7) is 0. The van der Waals surface area contributed by atoms with Crippen LogP contribution in [0.4, 0.5) is 0 Å². The van der Waals surface area contributed by atoms with E-state index in [1.54, 1.807) is 24.3 Å². The van der Waals surface area contributed by atoms with Gasteiger partial charge in [-0.15, -0.1) is 0 Å². The van der Waals surface area contributed by atoms with Gasteiger partial charge in [0.1, 0.15) is 0 Å². The van der Waals surface area contributed by atoms with E-state index in [9.17, 15) is 30.6 Å². The predicted molar refractivity (Wildman–Crippen MR) is 118 cm³/mol. The van der Waals surface area contributed by atoms with Crippen LogP contribution in [0.15, 0.2) is 60.7 Å². The molecule has 5 aromatic carbocycles. The second-order valence-corrected chi connectivity index (χ2v) is 7.18. The molecule has 0 aliphatic carbocycles. The van der Waals surface area contributed by atoms with Gasteiger partial charge in [-0.3, -0.25) is 0 Å². The van der Waals surface area contributed by atoms with Gasteiger partial charge in [0.25, 0.3) is 0 Å². The third-order valence-electron chi connectivity index (χ3n) is 5.42. The molecule has 0 heterocycles. The summed E-state index contributed by atoms with van der Waals surface area (Å²) in [4.78, 5) is 0. The highest BCUT2D eigenvalue weighted by atomic mass is 16.3. The molecule has 0 amide bonds. The third kappa shape index (κ3) is 2.79. The molecule has 31 heavy (non-hydrogen) atoms. The minimum absolute atomic E-state index is 0. The zero-order valence-corrected chi connectivity index (χ0v) is 16.0. The number of phenolic OH excluding ortho intramolecular Hbond substituents is 6. The summed E-state index contributed by atoms with van der Waals surface area (Å²) in [6, 6.07) is 15.8. The van der Waals surface area contributed by atoms with Crippen molar-refractivity contribution in [3.8, 4) is 45.6 Å². The molecule has 0 saturated carbocycles. The number of hydrogen-bond donors (Lipinski definition) is 6. The highest BCUT2D eigenvalue weighted by Crippen LogP contribution is 2.50. The molecule has 0 radical (unpaired) electrons. The van der Waals surface area contributed by atoms with Crippen LogP contribution in [0.3, 0.4) is 0 Å². The van der Waals surface area contributed by atoms with Gasteiger partial charge >= 0.3 is 0 Å². The van der Waals surface area contributed by atoms with Gasteiger partial charge in [0.05, 0.1) is 0 Å². The molecule has 0 unspecified atom stereocenters. The average molecular weight is 418 g/mol. The maximum Gasteiger partial charge on any atom is 0.166 e. The Balaban J connectivity index is 0.00000231. The zero-order valence-electron chi connectivity index (χ0n) is 16.0. The van der Waals surface area contributed by atoms with E-state index in [4.69, 9.17) is 0 Å². The Bertz CT molecular complexity index is 1440. The maximum atomic E-state index is 10.8. The van der Waals surface area contributed by atoms with Crippen LogP contribution < -0.4 is 0 Å². The van der Waals surface area contributed by atoms with Crippen LogP contribution in [0, 0.1) is 0 Å². The maximum absolute atomic E-state index is 10.8. The van der Waals surface area contributed by atoms with Crippen molar-refractivity contribution in [2.75, 3.05) is 0 Å². The standard InChI is InChI=1S/C24H16O6.H2O/c25-17-6-12-13-7-19(27)20(28)9-15(13)23-16(14(12)8-18(17)26)10-21(29)24(30)22(23)11-4-2-1-3-5-11;/h1-10,25-30H;1H2. The molecule has 156 valence electrons. The van der Waals surface area contributed by atoms with E-state index in [1.165, 1.54) is 30.3 Å². The van der Waals surface area contributed by atoms with Crippen LogP contribution in [0.25, 0.3) is 43.4 Å². The Hall–Kier alpha value is -4.36. The van der Waals surface area contributed by atoms with Crippen molar-refractivity contribution in [1.82, 2.24) is 0 Å². The molecule has 5 aromatic rings. The molecule has 0 aliphatic rings. The van der Waals surface area contributed by atoms with E-state index in [2.05, 4.69) is 0 Å². The highest BCUT2D eigenvalue weighted by molar-refractivity contribution is 6.30. The Morgan fingerprint density at radius 2 is 0.839 bits per heavy atom. The van der Waals surface area contributed by atoms with Crippen molar-refractivity contribution in [3.05, 3.63) is 60.7 Å². The van der Waals surface area contributed by atoms with Gasteiger partial charge in [-0.2, -0.15) is 0 Å². The lowest BCUT2D eigenvalue weighted by atomic mass is 9.88. The van der Waals surface area contributed by atoms with E-state index in [0.29, 0.717) is 43.4 Å². The van der Waals surface area contributed by atoms with Crippen LogP contribution in [0.5, 0.6) is 34.5 Å². The molecule has 0 atom stereocenters. The first kappa shape index (κ1) is 19.9. The minimum atomic E-state index is -0.349. The average Bonchev–Trinajstić information content (AvgIpc) is 2.73. The van der Waals surface area contributed by atoms with Crippen molar-refractivity contribution in [2.45, 2.75) is 0 Å². The Morgan fingerprint density at radius 3 is 1.32 bits per heavy atom. The minimum Gasteiger partial charge on any atom is -0.504 e. The van der Waals surface area contributed by atoms with Crippen LogP contribution >= 0.6 is 0 Å². The molecular formula is C24H18O7. The van der Waals surface area contributed by atoms with Gasteiger partial charge in [0.15, 0.2) is 34.5 Å². The number of aromatic hydroxyl groups is 6. The molecule has 0 saturated heterocycles. The summed E-state index contributed by atoms with van der Waals surface area (Å²) < 4.78 is 0. The number of fused-ring (bicyclic) bond motifs is 6. The third-order valence-corrected chi connectivity index (χ3v) is 5.42. The number of benzene rings is 5. The normalized spacial score (nSPS) is 11.1. The number of hydrogen-bond acceptors (Lipinski definition) is 6. The first-order valence-corrected chi connectivity index (χ1v) is 9.14. The molecule has 0 fully saturated rings. The number of phenols is 6. The van der Waals surface area contributed by atoms with Crippen molar-refractivity contribution >= 4 is 32.3 Å². The van der Waals surface area contributed by atoms with Crippen LogP contribution in [0.2, 0.25) is 0 Å². The summed E-state index contributed by atoms with van der Waals surface area (Å²) in [7, 11) is 0. The van der Waals surface area contributed by atoms with Gasteiger partial charge in [-0.1, -0.05) is 30.3 Å². The first-order chi connectivity index (χ1) is 14.4. The predicted octanol–water partition coefficient (Wildman–Crippen LogP) is 4.22.